The molecule has 3 amide bonds. The molecule has 2 aromatic carbocycles. The normalized spacial score (nSPS) is 10.1. The van der Waals surface area contributed by atoms with Gasteiger partial charge in [0, 0.05) is 24.4 Å². The van der Waals surface area contributed by atoms with Gasteiger partial charge >= 0.3 is 5.69 Å². The number of amides is 3. The van der Waals surface area contributed by atoms with Crippen LogP contribution in [-0.4, -0.2) is 54.8 Å². The molecular formula is C20H22N4O6. The number of rotatable bonds is 8. The Bertz CT molecular complexity index is 958. The predicted molar refractivity (Wildman–Crippen MR) is 109 cm³/mol. The molecular weight excluding hydrogens is 392 g/mol. The number of nitrogens with one attached hydrogen (secondary N) is 2. The van der Waals surface area contributed by atoms with Crippen LogP contribution in [0.4, 0.5) is 11.4 Å². The Labute approximate surface area is 173 Å². The number of nitro benzene ring substituents is 1. The summed E-state index contributed by atoms with van der Waals surface area (Å²) in [5.74, 6) is -1.52. The van der Waals surface area contributed by atoms with Crippen molar-refractivity contribution in [3.63, 3.8) is 0 Å². The van der Waals surface area contributed by atoms with E-state index in [9.17, 15) is 24.5 Å². The van der Waals surface area contributed by atoms with E-state index in [-0.39, 0.29) is 36.0 Å². The Kier molecular flexibility index (Phi) is 7.45. The van der Waals surface area contributed by atoms with E-state index in [4.69, 9.17) is 4.74 Å². The molecule has 0 spiro atoms. The highest BCUT2D eigenvalue weighted by atomic mass is 16.6. The summed E-state index contributed by atoms with van der Waals surface area (Å²) in [5.41, 5.74) is 1.32. The minimum Gasteiger partial charge on any atom is -0.490 e. The fourth-order valence-electron chi connectivity index (χ4n) is 2.51. The molecule has 0 aliphatic carbocycles. The quantitative estimate of drug-likeness (QED) is 0.500. The van der Waals surface area contributed by atoms with Crippen molar-refractivity contribution >= 4 is 29.1 Å². The molecule has 2 rings (SSSR count). The number of hydrogen-bond acceptors (Lipinski definition) is 6. The van der Waals surface area contributed by atoms with Crippen molar-refractivity contribution in [3.8, 4) is 5.75 Å². The minimum atomic E-state index is -0.665. The first-order valence-electron chi connectivity index (χ1n) is 8.92. The monoisotopic (exact) mass is 414 g/mol. The number of nitro groups is 1. The third kappa shape index (κ3) is 6.03. The van der Waals surface area contributed by atoms with E-state index >= 15 is 0 Å². The average Bonchev–Trinajstić information content (AvgIpc) is 2.72. The third-order valence-corrected chi connectivity index (χ3v) is 4.18. The predicted octanol–water partition coefficient (Wildman–Crippen LogP) is 1.74. The highest BCUT2D eigenvalue weighted by Crippen LogP contribution is 2.27. The number of methoxy groups -OCH3 is 1. The lowest BCUT2D eigenvalue weighted by molar-refractivity contribution is -0.385. The van der Waals surface area contributed by atoms with E-state index in [0.29, 0.717) is 5.69 Å². The zero-order valence-corrected chi connectivity index (χ0v) is 16.8. The second kappa shape index (κ2) is 10.0. The van der Waals surface area contributed by atoms with Crippen molar-refractivity contribution in [1.29, 1.82) is 0 Å². The van der Waals surface area contributed by atoms with Crippen molar-refractivity contribution in [3.05, 3.63) is 63.7 Å². The summed E-state index contributed by atoms with van der Waals surface area (Å²) in [6.07, 6.45) is 0. The van der Waals surface area contributed by atoms with Crippen LogP contribution in [-0.2, 0) is 9.59 Å². The molecule has 2 N–H and O–H groups in total. The number of hydrogen-bond donors (Lipinski definition) is 2. The van der Waals surface area contributed by atoms with Crippen LogP contribution in [0.2, 0.25) is 0 Å². The van der Waals surface area contributed by atoms with Gasteiger partial charge in [-0.25, -0.2) is 0 Å². The molecule has 10 nitrogen and oxygen atoms in total. The molecule has 0 bridgehead atoms. The van der Waals surface area contributed by atoms with E-state index in [1.807, 2.05) is 19.1 Å². The van der Waals surface area contributed by atoms with Gasteiger partial charge in [0.1, 0.15) is 0 Å². The van der Waals surface area contributed by atoms with E-state index in [0.717, 1.165) is 11.6 Å². The number of anilines is 1. The standard InChI is InChI=1S/C20H22N4O6/c1-13-4-7-15(8-5-13)22-18(25)12-23(2)19(26)11-21-20(27)14-6-9-17(30-3)16(10-14)24(28)29/h4-10H,11-12H2,1-3H3,(H,21,27)(H,22,25). The zero-order chi connectivity index (χ0) is 22.3. The Morgan fingerprint density at radius 2 is 1.80 bits per heavy atom. The highest BCUT2D eigenvalue weighted by Gasteiger charge is 2.19. The SMILES string of the molecule is COc1ccc(C(=O)NCC(=O)N(C)CC(=O)Nc2ccc(C)cc2)cc1[N+](=O)[O-]. The molecule has 10 heteroatoms. The van der Waals surface area contributed by atoms with Gasteiger partial charge in [0.25, 0.3) is 5.91 Å². The van der Waals surface area contributed by atoms with Crippen molar-refractivity contribution in [2.75, 3.05) is 32.6 Å². The van der Waals surface area contributed by atoms with Gasteiger partial charge in [-0.05, 0) is 31.2 Å². The summed E-state index contributed by atoms with van der Waals surface area (Å²) in [7, 11) is 2.72. The highest BCUT2D eigenvalue weighted by molar-refractivity contribution is 5.98. The van der Waals surface area contributed by atoms with E-state index in [1.165, 1.54) is 31.2 Å². The minimum absolute atomic E-state index is 0.00932. The van der Waals surface area contributed by atoms with Gasteiger partial charge in [0.2, 0.25) is 11.8 Å². The first-order chi connectivity index (χ1) is 14.2. The lowest BCUT2D eigenvalue weighted by Gasteiger charge is -2.17. The molecule has 2 aromatic rings. The van der Waals surface area contributed by atoms with Crippen LogP contribution < -0.4 is 15.4 Å². The van der Waals surface area contributed by atoms with Crippen LogP contribution in [0.15, 0.2) is 42.5 Å². The Balaban J connectivity index is 1.89. The number of benzene rings is 2. The number of ether oxygens (including phenoxy) is 1. The maximum atomic E-state index is 12.2. The molecule has 30 heavy (non-hydrogen) atoms. The maximum Gasteiger partial charge on any atom is 0.311 e. The summed E-state index contributed by atoms with van der Waals surface area (Å²) < 4.78 is 4.88. The van der Waals surface area contributed by atoms with Crippen LogP contribution in [0.5, 0.6) is 5.75 Å². The van der Waals surface area contributed by atoms with Crippen LogP contribution in [0.3, 0.4) is 0 Å². The van der Waals surface area contributed by atoms with Gasteiger partial charge in [-0.3, -0.25) is 24.5 Å². The van der Waals surface area contributed by atoms with E-state index < -0.39 is 16.7 Å². The Hall–Kier alpha value is -3.95. The molecule has 0 saturated carbocycles. The number of carbonyl (C=O) groups is 3. The molecule has 0 atom stereocenters. The first-order valence-corrected chi connectivity index (χ1v) is 8.92. The largest absolute Gasteiger partial charge is 0.490 e. The third-order valence-electron chi connectivity index (χ3n) is 4.18. The zero-order valence-electron chi connectivity index (χ0n) is 16.8. The van der Waals surface area contributed by atoms with Gasteiger partial charge in [0.15, 0.2) is 5.75 Å². The number of carbonyl (C=O) groups excluding carboxylic acids is 3. The van der Waals surface area contributed by atoms with Crippen molar-refractivity contribution < 1.29 is 24.0 Å². The van der Waals surface area contributed by atoms with Gasteiger partial charge in [0.05, 0.1) is 25.1 Å². The summed E-state index contributed by atoms with van der Waals surface area (Å²) >= 11 is 0. The Morgan fingerprint density at radius 3 is 2.40 bits per heavy atom. The molecule has 0 aliphatic rings. The van der Waals surface area contributed by atoms with Crippen LogP contribution in [0.25, 0.3) is 0 Å². The summed E-state index contributed by atoms with van der Waals surface area (Å²) in [5, 5.41) is 16.1. The Morgan fingerprint density at radius 1 is 1.13 bits per heavy atom. The summed E-state index contributed by atoms with van der Waals surface area (Å²) in [6.45, 7) is 1.36. The second-order valence-corrected chi connectivity index (χ2v) is 6.49. The lowest BCUT2D eigenvalue weighted by Crippen LogP contribution is -2.41. The summed E-state index contributed by atoms with van der Waals surface area (Å²) in [4.78, 5) is 48.0. The van der Waals surface area contributed by atoms with Crippen LogP contribution >= 0.6 is 0 Å². The smallest absolute Gasteiger partial charge is 0.311 e. The fourth-order valence-corrected chi connectivity index (χ4v) is 2.51. The molecule has 0 fully saturated rings. The number of likely N-dealkylation sites (N-methyl/N-ethyl adjacent to an activating group) is 1. The van der Waals surface area contributed by atoms with Crippen LogP contribution in [0, 0.1) is 17.0 Å². The van der Waals surface area contributed by atoms with Crippen molar-refractivity contribution in [2.24, 2.45) is 0 Å². The average molecular weight is 414 g/mol. The first kappa shape index (κ1) is 22.3. The number of nitrogens with zero attached hydrogens (tertiary/aromatic N) is 2. The molecule has 0 heterocycles. The maximum absolute atomic E-state index is 12.2. The summed E-state index contributed by atoms with van der Waals surface area (Å²) in [6, 6.07) is 10.9. The van der Waals surface area contributed by atoms with Gasteiger partial charge < -0.3 is 20.3 Å². The molecule has 0 aliphatic heterocycles. The van der Waals surface area contributed by atoms with Gasteiger partial charge in [-0.2, -0.15) is 0 Å². The second-order valence-electron chi connectivity index (χ2n) is 6.49. The molecule has 158 valence electrons. The van der Waals surface area contributed by atoms with Gasteiger partial charge in [-0.15, -0.1) is 0 Å². The van der Waals surface area contributed by atoms with Crippen molar-refractivity contribution in [1.82, 2.24) is 10.2 Å². The lowest BCUT2D eigenvalue weighted by atomic mass is 10.1. The molecule has 0 radical (unpaired) electrons. The fraction of sp³-hybridized carbons (Fsp3) is 0.250. The molecule has 0 saturated heterocycles. The number of aryl methyl sites for hydroxylation is 1. The topological polar surface area (TPSA) is 131 Å². The molecule has 0 unspecified atom stereocenters. The van der Waals surface area contributed by atoms with E-state index in [2.05, 4.69) is 10.6 Å². The molecule has 0 aromatic heterocycles. The van der Waals surface area contributed by atoms with Crippen LogP contribution in [0.1, 0.15) is 15.9 Å². The van der Waals surface area contributed by atoms with Crippen molar-refractivity contribution in [2.45, 2.75) is 6.92 Å². The van der Waals surface area contributed by atoms with Gasteiger partial charge in [-0.1, -0.05) is 17.7 Å². The van der Waals surface area contributed by atoms with E-state index in [1.54, 1.807) is 12.1 Å².